The molecule has 0 saturated heterocycles. The van der Waals surface area contributed by atoms with Crippen molar-refractivity contribution in [3.63, 3.8) is 0 Å². The molecule has 0 aliphatic heterocycles. The summed E-state index contributed by atoms with van der Waals surface area (Å²) in [7, 11) is 0. The SMILES string of the molecule is Fc1c(F)c(-c2c(F)c(F)c(Oc3ccc(Br)cc3)c(F)c2F)c(F)c(F)c1Oc1ccc(Br)cc1. The molecule has 12 heteroatoms. The van der Waals surface area contributed by atoms with Gasteiger partial charge < -0.3 is 9.47 Å². The minimum absolute atomic E-state index is 0.244. The van der Waals surface area contributed by atoms with Crippen molar-refractivity contribution in [2.45, 2.75) is 0 Å². The number of benzene rings is 4. The normalized spacial score (nSPS) is 11.1. The van der Waals surface area contributed by atoms with Gasteiger partial charge in [0, 0.05) is 8.95 Å². The maximum Gasteiger partial charge on any atom is 0.205 e. The van der Waals surface area contributed by atoms with Gasteiger partial charge in [-0.15, -0.1) is 0 Å². The average Bonchev–Trinajstić information content (AvgIpc) is 2.86. The van der Waals surface area contributed by atoms with Crippen LogP contribution >= 0.6 is 31.9 Å². The highest BCUT2D eigenvalue weighted by Gasteiger charge is 2.35. The number of ether oxygens (including phenoxy) is 2. The van der Waals surface area contributed by atoms with Gasteiger partial charge in [-0.05, 0) is 48.5 Å². The second-order valence-electron chi connectivity index (χ2n) is 7.03. The molecule has 186 valence electrons. The smallest absolute Gasteiger partial charge is 0.205 e. The van der Waals surface area contributed by atoms with Gasteiger partial charge >= 0.3 is 0 Å². The summed E-state index contributed by atoms with van der Waals surface area (Å²) in [5, 5.41) is 0. The highest BCUT2D eigenvalue weighted by molar-refractivity contribution is 9.10. The lowest BCUT2D eigenvalue weighted by Crippen LogP contribution is -2.09. The van der Waals surface area contributed by atoms with Crippen LogP contribution in [0, 0.1) is 46.5 Å². The molecule has 0 amide bonds. The second kappa shape index (κ2) is 10.1. The molecule has 0 heterocycles. The van der Waals surface area contributed by atoms with Crippen LogP contribution in [0.25, 0.3) is 11.1 Å². The summed E-state index contributed by atoms with van der Waals surface area (Å²) in [4.78, 5) is 0. The fourth-order valence-electron chi connectivity index (χ4n) is 3.08. The van der Waals surface area contributed by atoms with E-state index in [1.54, 1.807) is 0 Å². The Hall–Kier alpha value is -3.12. The fraction of sp³-hybridized carbons (Fsp3) is 0. The molecule has 4 aromatic carbocycles. The van der Waals surface area contributed by atoms with Crippen LogP contribution < -0.4 is 9.47 Å². The Balaban J connectivity index is 1.85. The zero-order valence-electron chi connectivity index (χ0n) is 17.2. The van der Waals surface area contributed by atoms with E-state index >= 15 is 0 Å². The number of rotatable bonds is 5. The number of hydrogen-bond acceptors (Lipinski definition) is 2. The molecule has 2 nitrogen and oxygen atoms in total. The molecule has 0 spiro atoms. The van der Waals surface area contributed by atoms with Crippen molar-refractivity contribution in [2.24, 2.45) is 0 Å². The van der Waals surface area contributed by atoms with Crippen molar-refractivity contribution in [1.29, 1.82) is 0 Å². The van der Waals surface area contributed by atoms with Crippen LogP contribution in [0.2, 0.25) is 0 Å². The molecule has 4 rings (SSSR count). The Morgan fingerprint density at radius 1 is 0.389 bits per heavy atom. The van der Waals surface area contributed by atoms with Gasteiger partial charge in [-0.2, -0.15) is 17.6 Å². The molecular weight excluding hydrogens is 632 g/mol. The van der Waals surface area contributed by atoms with E-state index in [9.17, 15) is 35.1 Å². The van der Waals surface area contributed by atoms with Crippen LogP contribution in [0.4, 0.5) is 35.1 Å². The first-order chi connectivity index (χ1) is 17.0. The van der Waals surface area contributed by atoms with Gasteiger partial charge in [0.15, 0.2) is 23.3 Å². The van der Waals surface area contributed by atoms with Crippen LogP contribution in [-0.2, 0) is 0 Å². The minimum atomic E-state index is -2.35. The standard InChI is InChI=1S/C24H8Br2F8O2/c25-9-1-5-11(6-2-9)35-23-19(31)15(27)13(16(28)20(23)32)14-17(29)21(33)24(22(34)18(14)30)36-12-7-3-10(26)4-8-12/h1-8H. The Morgan fingerprint density at radius 3 is 0.889 bits per heavy atom. The molecule has 0 atom stereocenters. The zero-order chi connectivity index (χ0) is 26.3. The molecule has 0 saturated carbocycles. The molecule has 36 heavy (non-hydrogen) atoms. The third-order valence-corrected chi connectivity index (χ3v) is 5.82. The predicted octanol–water partition coefficient (Wildman–Crippen LogP) is 9.58. The van der Waals surface area contributed by atoms with Gasteiger partial charge in [0.2, 0.25) is 34.8 Å². The van der Waals surface area contributed by atoms with Crippen LogP contribution in [-0.4, -0.2) is 0 Å². The Bertz CT molecular complexity index is 1300. The minimum Gasteiger partial charge on any atom is -0.451 e. The monoisotopic (exact) mass is 638 g/mol. The van der Waals surface area contributed by atoms with E-state index in [1.165, 1.54) is 48.5 Å². The van der Waals surface area contributed by atoms with Gasteiger partial charge in [-0.1, -0.05) is 31.9 Å². The molecule has 0 bridgehead atoms. The largest absolute Gasteiger partial charge is 0.451 e. The summed E-state index contributed by atoms with van der Waals surface area (Å²) in [5.74, 6) is -21.8. The maximum atomic E-state index is 14.8. The molecule has 0 unspecified atom stereocenters. The molecule has 0 aromatic heterocycles. The lowest BCUT2D eigenvalue weighted by atomic mass is 10.0. The van der Waals surface area contributed by atoms with E-state index in [0.717, 1.165) is 0 Å². The zero-order valence-corrected chi connectivity index (χ0v) is 20.4. The van der Waals surface area contributed by atoms with Gasteiger partial charge in [0.1, 0.15) is 11.5 Å². The molecule has 0 aliphatic rings. The number of halogens is 10. The highest BCUT2D eigenvalue weighted by atomic mass is 79.9. The Kier molecular flexibility index (Phi) is 7.28. The molecule has 0 N–H and O–H groups in total. The summed E-state index contributed by atoms with van der Waals surface area (Å²) in [6, 6.07) is 10.3. The van der Waals surface area contributed by atoms with Crippen molar-refractivity contribution in [3.8, 4) is 34.1 Å². The average molecular weight is 640 g/mol. The molecule has 0 fully saturated rings. The van der Waals surface area contributed by atoms with Gasteiger partial charge in [0.05, 0.1) is 11.1 Å². The number of hydrogen-bond donors (Lipinski definition) is 0. The topological polar surface area (TPSA) is 18.5 Å². The summed E-state index contributed by atoms with van der Waals surface area (Å²) < 4.78 is 128. The Labute approximate surface area is 214 Å². The summed E-state index contributed by atoms with van der Waals surface area (Å²) >= 11 is 6.21. The summed E-state index contributed by atoms with van der Waals surface area (Å²) in [6.07, 6.45) is 0. The molecule has 0 aliphatic carbocycles. The predicted molar refractivity (Wildman–Crippen MR) is 120 cm³/mol. The quantitative estimate of drug-likeness (QED) is 0.160. The van der Waals surface area contributed by atoms with E-state index < -0.39 is 69.2 Å². The van der Waals surface area contributed by atoms with Crippen molar-refractivity contribution in [2.75, 3.05) is 0 Å². The lowest BCUT2D eigenvalue weighted by Gasteiger charge is -2.16. The summed E-state index contributed by atoms with van der Waals surface area (Å²) in [6.45, 7) is 0. The lowest BCUT2D eigenvalue weighted by molar-refractivity contribution is 0.360. The van der Waals surface area contributed by atoms with E-state index in [0.29, 0.717) is 8.95 Å². The van der Waals surface area contributed by atoms with E-state index in [1.807, 2.05) is 0 Å². The van der Waals surface area contributed by atoms with Crippen molar-refractivity contribution < 1.29 is 44.6 Å². The third kappa shape index (κ3) is 4.66. The van der Waals surface area contributed by atoms with E-state index in [4.69, 9.17) is 9.47 Å². The second-order valence-corrected chi connectivity index (χ2v) is 8.86. The van der Waals surface area contributed by atoms with Gasteiger partial charge in [-0.25, -0.2) is 17.6 Å². The van der Waals surface area contributed by atoms with Crippen molar-refractivity contribution >= 4 is 31.9 Å². The van der Waals surface area contributed by atoms with Crippen molar-refractivity contribution in [3.05, 3.63) is 104 Å². The van der Waals surface area contributed by atoms with Crippen molar-refractivity contribution in [1.82, 2.24) is 0 Å². The first-order valence-electron chi connectivity index (χ1n) is 9.60. The maximum absolute atomic E-state index is 14.8. The van der Waals surface area contributed by atoms with Crippen LogP contribution in [0.15, 0.2) is 57.5 Å². The molecular formula is C24H8Br2F8O2. The van der Waals surface area contributed by atoms with Gasteiger partial charge in [0.25, 0.3) is 0 Å². The third-order valence-electron chi connectivity index (χ3n) is 4.76. The first-order valence-corrected chi connectivity index (χ1v) is 11.2. The summed E-state index contributed by atoms with van der Waals surface area (Å²) in [5.41, 5.74) is -4.03. The van der Waals surface area contributed by atoms with Crippen LogP contribution in [0.3, 0.4) is 0 Å². The van der Waals surface area contributed by atoms with Crippen LogP contribution in [0.1, 0.15) is 0 Å². The molecule has 4 aromatic rings. The fourth-order valence-corrected chi connectivity index (χ4v) is 3.61. The van der Waals surface area contributed by atoms with E-state index in [2.05, 4.69) is 31.9 Å². The first kappa shape index (κ1) is 26.0. The van der Waals surface area contributed by atoms with E-state index in [-0.39, 0.29) is 11.5 Å². The van der Waals surface area contributed by atoms with Crippen LogP contribution in [0.5, 0.6) is 23.0 Å². The Morgan fingerprint density at radius 2 is 0.639 bits per heavy atom. The molecule has 0 radical (unpaired) electrons. The van der Waals surface area contributed by atoms with Gasteiger partial charge in [-0.3, -0.25) is 0 Å². The highest BCUT2D eigenvalue weighted by Crippen LogP contribution is 2.43.